The van der Waals surface area contributed by atoms with Gasteiger partial charge in [0.1, 0.15) is 5.75 Å². The number of hydrogen-bond donors (Lipinski definition) is 3. The van der Waals surface area contributed by atoms with Gasteiger partial charge in [-0.05, 0) is 67.1 Å². The number of aromatic nitrogens is 1. The molecule has 1 saturated heterocycles. The summed E-state index contributed by atoms with van der Waals surface area (Å²) < 4.78 is 33.9. The van der Waals surface area contributed by atoms with Crippen molar-refractivity contribution in [3.63, 3.8) is 0 Å². The molecule has 0 bridgehead atoms. The molecule has 196 valence electrons. The summed E-state index contributed by atoms with van der Waals surface area (Å²) in [5.41, 5.74) is 3.76. The van der Waals surface area contributed by atoms with Crippen molar-refractivity contribution in [2.45, 2.75) is 58.0 Å². The first-order chi connectivity index (χ1) is 17.5. The third-order valence-electron chi connectivity index (χ3n) is 7.93. The molecule has 7 nitrogen and oxygen atoms in total. The fourth-order valence-corrected chi connectivity index (χ4v) is 6.30. The van der Waals surface area contributed by atoms with Crippen molar-refractivity contribution in [3.8, 4) is 5.75 Å². The number of aromatic amines is 1. The average molecular weight is 512 g/mol. The van der Waals surface area contributed by atoms with Gasteiger partial charge in [0, 0.05) is 60.7 Å². The van der Waals surface area contributed by atoms with E-state index < -0.39 is 17.3 Å². The number of alkyl halides is 2. The lowest BCUT2D eigenvalue weighted by Gasteiger charge is -2.55. The first-order valence-electron chi connectivity index (χ1n) is 12.4. The zero-order chi connectivity index (χ0) is 26.5. The van der Waals surface area contributed by atoms with Crippen molar-refractivity contribution >= 4 is 28.5 Å². The van der Waals surface area contributed by atoms with Crippen LogP contribution in [0.15, 0.2) is 36.5 Å². The van der Waals surface area contributed by atoms with Gasteiger partial charge in [0.2, 0.25) is 11.8 Å². The zero-order valence-electron chi connectivity index (χ0n) is 21.2. The van der Waals surface area contributed by atoms with E-state index in [-0.39, 0.29) is 30.4 Å². The van der Waals surface area contributed by atoms with Crippen molar-refractivity contribution in [2.24, 2.45) is 5.41 Å². The molecule has 1 aromatic heterocycles. The number of nitrogens with one attached hydrogen (secondary N) is 2. The molecule has 1 atom stereocenters. The van der Waals surface area contributed by atoms with E-state index >= 15 is 0 Å². The highest BCUT2D eigenvalue weighted by Gasteiger charge is 2.58. The third-order valence-corrected chi connectivity index (χ3v) is 7.93. The topological polar surface area (TPSA) is 94.7 Å². The maximum atomic E-state index is 14.1. The van der Waals surface area contributed by atoms with Crippen LogP contribution >= 0.6 is 0 Å². The summed E-state index contributed by atoms with van der Waals surface area (Å²) in [5, 5.41) is 13.3. The van der Waals surface area contributed by atoms with Gasteiger partial charge in [-0.3, -0.25) is 9.69 Å². The van der Waals surface area contributed by atoms with E-state index in [1.807, 2.05) is 25.3 Å². The summed E-state index contributed by atoms with van der Waals surface area (Å²) in [6.45, 7) is 4.47. The van der Waals surface area contributed by atoms with Crippen LogP contribution in [0.4, 0.5) is 14.5 Å². The second kappa shape index (κ2) is 9.13. The first kappa shape index (κ1) is 25.2. The van der Waals surface area contributed by atoms with Crippen molar-refractivity contribution in [2.75, 3.05) is 19.0 Å². The molecule has 37 heavy (non-hydrogen) atoms. The number of carboxylic acid groups (broad SMARTS) is 1. The van der Waals surface area contributed by atoms with Crippen LogP contribution in [0.5, 0.6) is 5.75 Å². The number of H-pyrrole nitrogens is 1. The molecule has 1 aliphatic heterocycles. The first-order valence-corrected chi connectivity index (χ1v) is 12.4. The quantitative estimate of drug-likeness (QED) is 0.383. The highest BCUT2D eigenvalue weighted by atomic mass is 19.3. The summed E-state index contributed by atoms with van der Waals surface area (Å²) >= 11 is 0. The summed E-state index contributed by atoms with van der Waals surface area (Å²) in [6, 6.07) is 8.37. The molecule has 1 amide bonds. The lowest BCUT2D eigenvalue weighted by molar-refractivity contribution is -0.186. The van der Waals surface area contributed by atoms with Crippen LogP contribution in [-0.2, 0) is 11.3 Å². The maximum Gasteiger partial charge on any atom is 0.335 e. The van der Waals surface area contributed by atoms with E-state index in [9.17, 15) is 23.5 Å². The molecule has 2 heterocycles. The summed E-state index contributed by atoms with van der Waals surface area (Å²) in [7, 11) is 1.63. The van der Waals surface area contributed by atoms with Gasteiger partial charge in [-0.1, -0.05) is 6.07 Å². The van der Waals surface area contributed by atoms with Crippen molar-refractivity contribution in [3.05, 3.63) is 58.8 Å². The Hall–Kier alpha value is -3.46. The summed E-state index contributed by atoms with van der Waals surface area (Å²) in [5.74, 6) is -3.34. The number of aromatic carboxylic acids is 1. The molecule has 3 N–H and O–H groups in total. The standard InChI is InChI=1S/C28H31F2N3O4/c1-16-10-24(37-3)21(19-6-8-31-25(16)19)13-33-9-7-27(14-28(29,30)15-27)12-23(33)20-5-4-18(26(35)36)11-22(20)32-17(2)34/h4-6,8,10-11,23,31H,7,9,12-15H2,1-3H3,(H,32,34)(H,35,36)/t23-/m0/s1. The van der Waals surface area contributed by atoms with E-state index in [0.717, 1.165) is 33.3 Å². The molecule has 2 aliphatic rings. The fraction of sp³-hybridized carbons (Fsp3) is 0.429. The van der Waals surface area contributed by atoms with Crippen LogP contribution in [-0.4, -0.2) is 46.4 Å². The molecule has 2 aromatic carbocycles. The minimum atomic E-state index is -2.65. The fourth-order valence-electron chi connectivity index (χ4n) is 6.30. The van der Waals surface area contributed by atoms with E-state index in [1.54, 1.807) is 13.2 Å². The number of halogens is 2. The molecule has 2 fully saturated rings. The number of fused-ring (bicyclic) bond motifs is 1. The van der Waals surface area contributed by atoms with Gasteiger partial charge >= 0.3 is 5.97 Å². The largest absolute Gasteiger partial charge is 0.496 e. The number of nitrogens with zero attached hydrogens (tertiary/aromatic N) is 1. The van der Waals surface area contributed by atoms with Crippen LogP contribution in [0.3, 0.4) is 0 Å². The van der Waals surface area contributed by atoms with Crippen LogP contribution in [0.1, 0.15) is 65.7 Å². The Morgan fingerprint density at radius 1 is 1.24 bits per heavy atom. The van der Waals surface area contributed by atoms with Crippen LogP contribution in [0.25, 0.3) is 10.9 Å². The molecular weight excluding hydrogens is 480 g/mol. The minimum absolute atomic E-state index is 0.0500. The van der Waals surface area contributed by atoms with Gasteiger partial charge in [-0.25, -0.2) is 13.6 Å². The van der Waals surface area contributed by atoms with Gasteiger partial charge in [-0.2, -0.15) is 0 Å². The second-order valence-electron chi connectivity index (χ2n) is 10.6. The number of carboxylic acids is 1. The number of ether oxygens (including phenoxy) is 1. The number of methoxy groups -OCH3 is 1. The van der Waals surface area contributed by atoms with Crippen molar-refractivity contribution in [1.82, 2.24) is 9.88 Å². The lowest BCUT2D eigenvalue weighted by Crippen LogP contribution is -2.53. The lowest BCUT2D eigenvalue weighted by atomic mass is 9.58. The minimum Gasteiger partial charge on any atom is -0.496 e. The number of benzene rings is 2. The molecule has 0 unspecified atom stereocenters. The highest BCUT2D eigenvalue weighted by Crippen LogP contribution is 2.61. The third kappa shape index (κ3) is 4.68. The van der Waals surface area contributed by atoms with Crippen LogP contribution in [0.2, 0.25) is 0 Å². The molecule has 1 aliphatic carbocycles. The molecule has 1 saturated carbocycles. The predicted octanol–water partition coefficient (Wildman–Crippen LogP) is 5.89. The normalized spacial score (nSPS) is 20.5. The van der Waals surface area contributed by atoms with E-state index in [1.165, 1.54) is 19.1 Å². The smallest absolute Gasteiger partial charge is 0.335 e. The Morgan fingerprint density at radius 2 is 2.00 bits per heavy atom. The number of carbonyl (C=O) groups excluding carboxylic acids is 1. The second-order valence-corrected chi connectivity index (χ2v) is 10.6. The van der Waals surface area contributed by atoms with Crippen molar-refractivity contribution < 1.29 is 28.2 Å². The number of hydrogen-bond acceptors (Lipinski definition) is 4. The molecule has 3 aromatic rings. The average Bonchev–Trinajstić information content (AvgIpc) is 3.31. The van der Waals surface area contributed by atoms with Crippen LogP contribution in [0, 0.1) is 12.3 Å². The van der Waals surface area contributed by atoms with E-state index in [4.69, 9.17) is 4.74 Å². The number of rotatable bonds is 6. The van der Waals surface area contributed by atoms with Crippen LogP contribution < -0.4 is 10.1 Å². The molecule has 9 heteroatoms. The van der Waals surface area contributed by atoms with Gasteiger partial charge < -0.3 is 20.1 Å². The van der Waals surface area contributed by atoms with Gasteiger partial charge in [0.05, 0.1) is 12.7 Å². The highest BCUT2D eigenvalue weighted by molar-refractivity contribution is 5.94. The SMILES string of the molecule is COc1cc(C)c2[nH]ccc2c1CN1CCC2(C[C@H]1c1ccc(C(=O)O)cc1NC(C)=O)CC(F)(F)C2. The predicted molar refractivity (Wildman–Crippen MR) is 136 cm³/mol. The Kier molecular flexibility index (Phi) is 6.22. The van der Waals surface area contributed by atoms with Gasteiger partial charge in [0.25, 0.3) is 0 Å². The molecule has 1 spiro atoms. The Balaban J connectivity index is 1.58. The van der Waals surface area contributed by atoms with E-state index in [0.29, 0.717) is 31.6 Å². The number of aryl methyl sites for hydroxylation is 1. The summed E-state index contributed by atoms with van der Waals surface area (Å²) in [4.78, 5) is 29.2. The monoisotopic (exact) mass is 511 g/mol. The van der Waals surface area contributed by atoms with E-state index in [2.05, 4.69) is 15.2 Å². The summed E-state index contributed by atoms with van der Waals surface area (Å²) in [6.07, 6.45) is 2.73. The molecule has 0 radical (unpaired) electrons. The van der Waals surface area contributed by atoms with Gasteiger partial charge in [0.15, 0.2) is 0 Å². The Labute approximate surface area is 213 Å². The zero-order valence-corrected chi connectivity index (χ0v) is 21.2. The molecular formula is C28H31F2N3O4. The number of carbonyl (C=O) groups is 2. The Bertz CT molecular complexity index is 1380. The number of piperidine rings is 1. The van der Waals surface area contributed by atoms with Crippen molar-refractivity contribution in [1.29, 1.82) is 0 Å². The Morgan fingerprint density at radius 3 is 2.65 bits per heavy atom. The maximum absolute atomic E-state index is 14.1. The number of likely N-dealkylation sites (tertiary alicyclic amines) is 1. The molecule has 5 rings (SSSR count). The number of anilines is 1. The number of amides is 1. The van der Waals surface area contributed by atoms with Gasteiger partial charge in [-0.15, -0.1) is 0 Å².